The third kappa shape index (κ3) is 2.59. The first kappa shape index (κ1) is 13.6. The third-order valence-corrected chi connectivity index (χ3v) is 4.36. The largest absolute Gasteiger partial charge is 0.435 e. The Hall–Kier alpha value is -1.37. The summed E-state index contributed by atoms with van der Waals surface area (Å²) in [6.07, 6.45) is -1.31. The van der Waals surface area contributed by atoms with Crippen molar-refractivity contribution >= 4 is 5.82 Å². The molecule has 2 heterocycles. The van der Waals surface area contributed by atoms with Gasteiger partial charge in [0.1, 0.15) is 0 Å². The first-order valence-corrected chi connectivity index (χ1v) is 6.85. The molecule has 110 valence electrons. The molecule has 2 aliphatic rings. The van der Waals surface area contributed by atoms with Gasteiger partial charge in [-0.1, -0.05) is 0 Å². The normalized spacial score (nSPS) is 30.4. The Balaban J connectivity index is 1.71. The zero-order chi connectivity index (χ0) is 14.3. The quantitative estimate of drug-likeness (QED) is 0.858. The van der Waals surface area contributed by atoms with Gasteiger partial charge in [-0.3, -0.25) is 0 Å². The molecule has 1 aromatic heterocycles. The van der Waals surface area contributed by atoms with Crippen molar-refractivity contribution in [2.75, 3.05) is 18.0 Å². The molecule has 2 N–H and O–H groups in total. The molecule has 0 bridgehead atoms. The summed E-state index contributed by atoms with van der Waals surface area (Å²) in [6, 6.07) is 2.67. The average molecular weight is 286 g/mol. The van der Waals surface area contributed by atoms with E-state index in [1.807, 2.05) is 4.90 Å². The van der Waals surface area contributed by atoms with Gasteiger partial charge >= 0.3 is 6.18 Å². The molecular weight excluding hydrogens is 269 g/mol. The van der Waals surface area contributed by atoms with Gasteiger partial charge in [-0.05, 0) is 43.2 Å². The van der Waals surface area contributed by atoms with Crippen LogP contribution in [0.15, 0.2) is 12.1 Å². The van der Waals surface area contributed by atoms with E-state index < -0.39 is 11.9 Å². The molecule has 0 spiro atoms. The van der Waals surface area contributed by atoms with Crippen LogP contribution in [0.2, 0.25) is 0 Å². The highest BCUT2D eigenvalue weighted by Gasteiger charge is 2.38. The summed E-state index contributed by atoms with van der Waals surface area (Å²) in [5, 5.41) is 7.01. The minimum absolute atomic E-state index is 0.259. The maximum absolute atomic E-state index is 12.5. The van der Waals surface area contributed by atoms with Gasteiger partial charge in [0.05, 0.1) is 0 Å². The van der Waals surface area contributed by atoms with Crippen LogP contribution in [0, 0.1) is 11.8 Å². The highest BCUT2D eigenvalue weighted by molar-refractivity contribution is 5.39. The molecule has 4 nitrogen and oxygen atoms in total. The second-order valence-electron chi connectivity index (χ2n) is 5.77. The molecule has 1 saturated carbocycles. The summed E-state index contributed by atoms with van der Waals surface area (Å²) in [7, 11) is 0. The maximum Gasteiger partial charge on any atom is 0.435 e. The summed E-state index contributed by atoms with van der Waals surface area (Å²) in [6.45, 7) is 1.66. The molecule has 1 aliphatic carbocycles. The van der Waals surface area contributed by atoms with E-state index in [9.17, 15) is 13.2 Å². The average Bonchev–Trinajstić information content (AvgIpc) is 2.80. The van der Waals surface area contributed by atoms with Crippen LogP contribution < -0.4 is 10.6 Å². The summed E-state index contributed by atoms with van der Waals surface area (Å²) >= 11 is 0. The van der Waals surface area contributed by atoms with Crippen molar-refractivity contribution in [3.05, 3.63) is 17.8 Å². The number of aromatic nitrogens is 2. The van der Waals surface area contributed by atoms with Crippen molar-refractivity contribution in [2.24, 2.45) is 17.6 Å². The van der Waals surface area contributed by atoms with Crippen LogP contribution in [0.25, 0.3) is 0 Å². The minimum Gasteiger partial charge on any atom is -0.355 e. The molecule has 0 radical (unpaired) electrons. The van der Waals surface area contributed by atoms with Crippen LogP contribution in [-0.4, -0.2) is 29.3 Å². The predicted molar refractivity (Wildman–Crippen MR) is 68.1 cm³/mol. The number of rotatable bonds is 1. The molecule has 0 aromatic carbocycles. The summed E-state index contributed by atoms with van der Waals surface area (Å²) in [5.41, 5.74) is 5.03. The van der Waals surface area contributed by atoms with Crippen molar-refractivity contribution in [2.45, 2.75) is 31.5 Å². The summed E-state index contributed by atoms with van der Waals surface area (Å²) in [5.74, 6) is 1.64. The topological polar surface area (TPSA) is 55.0 Å². The van der Waals surface area contributed by atoms with Gasteiger partial charge in [-0.2, -0.15) is 13.2 Å². The van der Waals surface area contributed by atoms with E-state index in [4.69, 9.17) is 5.73 Å². The van der Waals surface area contributed by atoms with Gasteiger partial charge in [-0.25, -0.2) is 0 Å². The molecule has 2 fully saturated rings. The number of hydrogen-bond donors (Lipinski definition) is 1. The molecule has 1 saturated heterocycles. The minimum atomic E-state index is -4.43. The van der Waals surface area contributed by atoms with Crippen LogP contribution in [-0.2, 0) is 6.18 Å². The SMILES string of the molecule is NC1CC[C@@H]2CN(c3ccc(C(F)(F)F)nn3)C[C@@H]2C1. The number of hydrogen-bond acceptors (Lipinski definition) is 4. The van der Waals surface area contributed by atoms with Crippen LogP contribution in [0.3, 0.4) is 0 Å². The Bertz CT molecular complexity index is 473. The van der Waals surface area contributed by atoms with Gasteiger partial charge < -0.3 is 10.6 Å². The molecule has 20 heavy (non-hydrogen) atoms. The van der Waals surface area contributed by atoms with E-state index in [1.54, 1.807) is 0 Å². The Morgan fingerprint density at radius 3 is 2.50 bits per heavy atom. The van der Waals surface area contributed by atoms with Crippen LogP contribution in [0.4, 0.5) is 19.0 Å². The van der Waals surface area contributed by atoms with E-state index in [-0.39, 0.29) is 6.04 Å². The van der Waals surface area contributed by atoms with Crippen molar-refractivity contribution in [3.63, 3.8) is 0 Å². The lowest BCUT2D eigenvalue weighted by molar-refractivity contribution is -0.141. The molecule has 0 amide bonds. The summed E-state index contributed by atoms with van der Waals surface area (Å²) in [4.78, 5) is 2.03. The van der Waals surface area contributed by atoms with Gasteiger partial charge in [0, 0.05) is 19.1 Å². The Morgan fingerprint density at radius 1 is 1.10 bits per heavy atom. The number of fused-ring (bicyclic) bond motifs is 1. The highest BCUT2D eigenvalue weighted by atomic mass is 19.4. The van der Waals surface area contributed by atoms with E-state index in [0.29, 0.717) is 17.7 Å². The lowest BCUT2D eigenvalue weighted by atomic mass is 9.79. The van der Waals surface area contributed by atoms with Crippen molar-refractivity contribution in [1.29, 1.82) is 0 Å². The first-order chi connectivity index (χ1) is 9.43. The second-order valence-corrected chi connectivity index (χ2v) is 5.77. The van der Waals surface area contributed by atoms with Gasteiger partial charge in [-0.15, -0.1) is 10.2 Å². The van der Waals surface area contributed by atoms with E-state index in [2.05, 4.69) is 10.2 Å². The summed E-state index contributed by atoms with van der Waals surface area (Å²) < 4.78 is 37.4. The Labute approximate surface area is 115 Å². The van der Waals surface area contributed by atoms with Gasteiger partial charge in [0.2, 0.25) is 0 Å². The van der Waals surface area contributed by atoms with Crippen LogP contribution in [0.5, 0.6) is 0 Å². The fourth-order valence-electron chi connectivity index (χ4n) is 3.30. The van der Waals surface area contributed by atoms with Crippen molar-refractivity contribution < 1.29 is 13.2 Å². The zero-order valence-corrected chi connectivity index (χ0v) is 11.0. The Kier molecular flexibility index (Phi) is 3.32. The number of nitrogens with two attached hydrogens (primary N) is 1. The fraction of sp³-hybridized carbons (Fsp3) is 0.692. The monoisotopic (exact) mass is 286 g/mol. The molecule has 7 heteroatoms. The lowest BCUT2D eigenvalue weighted by Crippen LogP contribution is -2.32. The first-order valence-electron chi connectivity index (χ1n) is 6.85. The van der Waals surface area contributed by atoms with E-state index in [1.165, 1.54) is 6.07 Å². The van der Waals surface area contributed by atoms with Crippen molar-refractivity contribution in [1.82, 2.24) is 10.2 Å². The van der Waals surface area contributed by atoms with Crippen LogP contribution in [0.1, 0.15) is 25.0 Å². The van der Waals surface area contributed by atoms with Gasteiger partial charge in [0.15, 0.2) is 11.5 Å². The smallest absolute Gasteiger partial charge is 0.355 e. The second kappa shape index (κ2) is 4.87. The predicted octanol–water partition coefficient (Wildman–Crippen LogP) is 2.06. The molecule has 1 aromatic rings. The molecule has 3 atom stereocenters. The fourth-order valence-corrected chi connectivity index (χ4v) is 3.30. The lowest BCUT2D eigenvalue weighted by Gasteiger charge is -2.27. The number of halogens is 3. The van der Waals surface area contributed by atoms with Gasteiger partial charge in [0.25, 0.3) is 0 Å². The Morgan fingerprint density at radius 2 is 1.85 bits per heavy atom. The molecule has 3 rings (SSSR count). The van der Waals surface area contributed by atoms with E-state index >= 15 is 0 Å². The molecule has 1 aliphatic heterocycles. The standard InChI is InChI=1S/C13H17F3N4/c14-13(15,16)11-3-4-12(19-18-11)20-6-8-1-2-10(17)5-9(8)7-20/h3-4,8-10H,1-2,5-7,17H2/t8-,9+,10?/m1/s1. The zero-order valence-electron chi connectivity index (χ0n) is 11.0. The van der Waals surface area contributed by atoms with E-state index in [0.717, 1.165) is 38.4 Å². The number of anilines is 1. The van der Waals surface area contributed by atoms with Crippen molar-refractivity contribution in [3.8, 4) is 0 Å². The van der Waals surface area contributed by atoms with Crippen LogP contribution >= 0.6 is 0 Å². The molecule has 1 unspecified atom stereocenters. The third-order valence-electron chi connectivity index (χ3n) is 4.36. The number of alkyl halides is 3. The highest BCUT2D eigenvalue weighted by Crippen LogP contribution is 2.37. The molecular formula is C13H17F3N4. The number of nitrogens with zero attached hydrogens (tertiary/aromatic N) is 3. The maximum atomic E-state index is 12.5.